The lowest BCUT2D eigenvalue weighted by molar-refractivity contribution is -0.144. The van der Waals surface area contributed by atoms with Gasteiger partial charge in [-0.3, -0.25) is 20.4 Å². The van der Waals surface area contributed by atoms with Crippen LogP contribution in [0.2, 0.25) is 0 Å². The van der Waals surface area contributed by atoms with Crippen LogP contribution in [0.3, 0.4) is 0 Å². The Balaban J connectivity index is 1.07. The molecule has 0 atom stereocenters. The molecule has 0 bridgehead atoms. The fourth-order valence-electron chi connectivity index (χ4n) is 6.89. The molecule has 0 unspecified atom stereocenters. The molecule has 2 heterocycles. The van der Waals surface area contributed by atoms with E-state index in [0.29, 0.717) is 72.2 Å². The van der Waals surface area contributed by atoms with Gasteiger partial charge in [0.25, 0.3) is 0 Å². The number of carbonyl (C=O) groups excluding carboxylic acids is 4. The van der Waals surface area contributed by atoms with E-state index in [-0.39, 0.29) is 34.6 Å². The van der Waals surface area contributed by atoms with Gasteiger partial charge in [0.1, 0.15) is 23.0 Å². The minimum Gasteiger partial charge on any atom is -0.494 e. The highest BCUT2D eigenvalue weighted by Crippen LogP contribution is 2.31. The Labute approximate surface area is 425 Å². The number of anilines is 2. The molecule has 0 spiro atoms. The fraction of sp³-hybridized carbons (Fsp3) is 0.296. The first kappa shape index (κ1) is 52.1. The molecule has 0 aliphatic rings. The summed E-state index contributed by atoms with van der Waals surface area (Å²) in [7, 11) is 0. The minimum absolute atomic E-state index is 0.0994. The number of unbranched alkanes of at least 4 members (excludes halogenated alkanes) is 6. The van der Waals surface area contributed by atoms with Gasteiger partial charge < -0.3 is 28.4 Å². The molecule has 0 amide bonds. The van der Waals surface area contributed by atoms with Gasteiger partial charge in [-0.25, -0.2) is 19.6 Å². The summed E-state index contributed by atoms with van der Waals surface area (Å²) in [5.41, 5.74) is 8.69. The third kappa shape index (κ3) is 16.2. The first-order valence-electron chi connectivity index (χ1n) is 23.9. The van der Waals surface area contributed by atoms with E-state index in [1.54, 1.807) is 74.5 Å². The standard InChI is InChI=1S/C54H56N6O10S2/c1-3-49(61)67-31-15-7-5-13-29-65-41-25-21-37(22-26-41)51(63)69-45-33-40(36-56-60-54-58-44-18-10-12-20-48(44)72-54)46(34-39(45)35-55-59-53-57-43-17-9-11-19-47(43)71-53)70-52(64)38-23-27-42(28-24-38)66-30-14-6-8-16-32-68-50(62)4-2/h9-12,17-28,33-36H,3-8,13-16,29-32H2,1-2H3,(H,57,59)(H,58,60)/b55-35+,56-36+. The largest absolute Gasteiger partial charge is 0.494 e. The minimum atomic E-state index is -0.656. The van der Waals surface area contributed by atoms with Crippen LogP contribution in [0.15, 0.2) is 119 Å². The van der Waals surface area contributed by atoms with Crippen LogP contribution in [0, 0.1) is 0 Å². The summed E-state index contributed by atoms with van der Waals surface area (Å²) < 4.78 is 36.2. The van der Waals surface area contributed by atoms with Crippen molar-refractivity contribution >= 4 is 89.7 Å². The maximum Gasteiger partial charge on any atom is 0.343 e. The van der Waals surface area contributed by atoms with E-state index in [1.807, 2.05) is 48.5 Å². The Hall–Kier alpha value is -7.70. The van der Waals surface area contributed by atoms with E-state index >= 15 is 0 Å². The molecule has 374 valence electrons. The Bertz CT molecular complexity index is 2690. The summed E-state index contributed by atoms with van der Waals surface area (Å²) >= 11 is 2.84. The molecule has 7 aromatic rings. The highest BCUT2D eigenvalue weighted by Gasteiger charge is 2.19. The summed E-state index contributed by atoms with van der Waals surface area (Å²) in [6, 6.07) is 31.8. The molecule has 0 saturated carbocycles. The zero-order valence-electron chi connectivity index (χ0n) is 40.1. The van der Waals surface area contributed by atoms with Crippen LogP contribution in [0.25, 0.3) is 20.4 Å². The molecular weight excluding hydrogens is 957 g/mol. The van der Waals surface area contributed by atoms with Gasteiger partial charge >= 0.3 is 23.9 Å². The molecule has 18 heteroatoms. The van der Waals surface area contributed by atoms with Gasteiger partial charge in [0.15, 0.2) is 0 Å². The lowest BCUT2D eigenvalue weighted by Gasteiger charge is -2.14. The number of nitrogens with one attached hydrogen (secondary N) is 2. The summed E-state index contributed by atoms with van der Waals surface area (Å²) in [5.74, 6) is -0.297. The quantitative estimate of drug-likeness (QED) is 0.0154. The molecule has 7 rings (SSSR count). The number of aromatic nitrogens is 2. The predicted molar refractivity (Wildman–Crippen MR) is 281 cm³/mol. The molecule has 0 aliphatic heterocycles. The number of benzene rings is 5. The smallest absolute Gasteiger partial charge is 0.343 e. The SMILES string of the molecule is CCC(=O)OCCCCCCOc1ccc(C(=O)Oc2cc(/C=N/Nc3nc4ccccc4s3)c(OC(=O)c3ccc(OCCCCCCOC(=O)CC)cc3)cc2/C=N/Nc2nc3ccccc3s2)cc1. The van der Waals surface area contributed by atoms with Crippen molar-refractivity contribution in [2.75, 3.05) is 37.3 Å². The Morgan fingerprint density at radius 2 is 0.903 bits per heavy atom. The maximum absolute atomic E-state index is 13.8. The van der Waals surface area contributed by atoms with E-state index in [0.717, 1.165) is 71.8 Å². The highest BCUT2D eigenvalue weighted by atomic mass is 32.1. The average Bonchev–Trinajstić information content (AvgIpc) is 4.02. The first-order valence-corrected chi connectivity index (χ1v) is 25.6. The zero-order chi connectivity index (χ0) is 50.3. The number of rotatable bonds is 28. The predicted octanol–water partition coefficient (Wildman–Crippen LogP) is 12.0. The van der Waals surface area contributed by atoms with Crippen LogP contribution >= 0.6 is 22.7 Å². The van der Waals surface area contributed by atoms with Crippen molar-refractivity contribution in [1.82, 2.24) is 9.97 Å². The summed E-state index contributed by atoms with van der Waals surface area (Å²) in [6.07, 6.45) is 10.6. The molecule has 0 saturated heterocycles. The summed E-state index contributed by atoms with van der Waals surface area (Å²) in [6.45, 7) is 5.37. The first-order chi connectivity index (χ1) is 35.2. The van der Waals surface area contributed by atoms with Crippen molar-refractivity contribution in [3.63, 3.8) is 0 Å². The number of hydrazone groups is 2. The van der Waals surface area contributed by atoms with Gasteiger partial charge in [-0.2, -0.15) is 10.2 Å². The Kier molecular flexibility index (Phi) is 20.0. The van der Waals surface area contributed by atoms with Crippen LogP contribution in [0.5, 0.6) is 23.0 Å². The number of hydrogen-bond acceptors (Lipinski definition) is 18. The van der Waals surface area contributed by atoms with Crippen molar-refractivity contribution in [2.24, 2.45) is 10.2 Å². The van der Waals surface area contributed by atoms with Crippen LogP contribution in [-0.4, -0.2) is 72.7 Å². The number of para-hydroxylation sites is 2. The zero-order valence-corrected chi connectivity index (χ0v) is 41.8. The second-order valence-electron chi connectivity index (χ2n) is 16.1. The van der Waals surface area contributed by atoms with Gasteiger partial charge in [0.05, 0.1) is 70.4 Å². The Morgan fingerprint density at radius 3 is 1.29 bits per heavy atom. The highest BCUT2D eigenvalue weighted by molar-refractivity contribution is 7.22. The van der Waals surface area contributed by atoms with Crippen molar-refractivity contribution < 1.29 is 47.6 Å². The molecular formula is C54H56N6O10S2. The third-order valence-electron chi connectivity index (χ3n) is 10.8. The molecule has 2 aromatic heterocycles. The normalized spacial score (nSPS) is 11.2. The molecule has 16 nitrogen and oxygen atoms in total. The van der Waals surface area contributed by atoms with E-state index in [9.17, 15) is 19.2 Å². The van der Waals surface area contributed by atoms with E-state index < -0.39 is 11.9 Å². The van der Waals surface area contributed by atoms with Crippen LogP contribution in [0.1, 0.15) is 110 Å². The second kappa shape index (κ2) is 27.6. The van der Waals surface area contributed by atoms with Gasteiger partial charge in [-0.15, -0.1) is 0 Å². The van der Waals surface area contributed by atoms with E-state index in [2.05, 4.69) is 31.0 Å². The van der Waals surface area contributed by atoms with Gasteiger partial charge in [0, 0.05) is 24.0 Å². The molecule has 0 aliphatic carbocycles. The lowest BCUT2D eigenvalue weighted by atomic mass is 10.1. The van der Waals surface area contributed by atoms with Gasteiger partial charge in [-0.05, 0) is 136 Å². The summed E-state index contributed by atoms with van der Waals surface area (Å²) in [5, 5.41) is 9.97. The number of fused-ring (bicyclic) bond motifs is 2. The molecule has 5 aromatic carbocycles. The van der Waals surface area contributed by atoms with Crippen molar-refractivity contribution in [3.05, 3.63) is 131 Å². The molecule has 72 heavy (non-hydrogen) atoms. The fourth-order valence-corrected chi connectivity index (χ4v) is 8.52. The number of nitrogens with zero attached hydrogens (tertiary/aromatic N) is 4. The maximum atomic E-state index is 13.8. The number of carbonyl (C=O) groups is 4. The van der Waals surface area contributed by atoms with Crippen LogP contribution < -0.4 is 29.8 Å². The number of thiazole rings is 2. The van der Waals surface area contributed by atoms with Crippen LogP contribution in [0.4, 0.5) is 10.3 Å². The Morgan fingerprint density at radius 1 is 0.514 bits per heavy atom. The monoisotopic (exact) mass is 1010 g/mol. The van der Waals surface area contributed by atoms with Crippen molar-refractivity contribution in [3.8, 4) is 23.0 Å². The van der Waals surface area contributed by atoms with E-state index in [1.165, 1.54) is 35.1 Å². The van der Waals surface area contributed by atoms with Gasteiger partial charge in [0.2, 0.25) is 10.3 Å². The number of esters is 4. The van der Waals surface area contributed by atoms with E-state index in [4.69, 9.17) is 28.4 Å². The topological polar surface area (TPSA) is 198 Å². The van der Waals surface area contributed by atoms with Crippen LogP contribution in [-0.2, 0) is 19.1 Å². The van der Waals surface area contributed by atoms with Crippen molar-refractivity contribution in [2.45, 2.75) is 78.1 Å². The number of ether oxygens (including phenoxy) is 6. The molecule has 0 fully saturated rings. The second-order valence-corrected chi connectivity index (χ2v) is 18.2. The van der Waals surface area contributed by atoms with Crippen molar-refractivity contribution in [1.29, 1.82) is 0 Å². The lowest BCUT2D eigenvalue weighted by Crippen LogP contribution is -2.13. The average molecular weight is 1010 g/mol. The summed E-state index contributed by atoms with van der Waals surface area (Å²) in [4.78, 5) is 59.5. The third-order valence-corrected chi connectivity index (χ3v) is 12.6. The van der Waals surface area contributed by atoms with Gasteiger partial charge in [-0.1, -0.05) is 60.8 Å². The molecule has 2 N–H and O–H groups in total. The molecule has 0 radical (unpaired) electrons. The number of hydrogen-bond donors (Lipinski definition) is 2.